The van der Waals surface area contributed by atoms with Crippen LogP contribution in [0.1, 0.15) is 33.6 Å². The molecule has 0 saturated heterocycles. The summed E-state index contributed by atoms with van der Waals surface area (Å²) in [6.07, 6.45) is 4.96. The number of carbonyl (C=O) groups excluding carboxylic acids is 2. The van der Waals surface area contributed by atoms with Gasteiger partial charge in [0.25, 0.3) is 0 Å². The number of fused-ring (bicyclic) bond motifs is 3. The van der Waals surface area contributed by atoms with Gasteiger partial charge in [-0.2, -0.15) is 0 Å². The molecule has 0 aliphatic heterocycles. The topological polar surface area (TPSA) is 54.4 Å². The fraction of sp³-hybridized carbons (Fsp3) is 0.222. The van der Waals surface area contributed by atoms with Crippen LogP contribution in [0.4, 0.5) is 0 Å². The SMILES string of the molecule is O=C1c2c(c(Cl)c3ccccc3c2O)C(=O)[C@@H]2CC=CC[C@@H]12. The Hall–Kier alpha value is -2.13. The Morgan fingerprint density at radius 1 is 0.909 bits per heavy atom. The van der Waals surface area contributed by atoms with Crippen molar-refractivity contribution in [2.24, 2.45) is 11.8 Å². The van der Waals surface area contributed by atoms with Crippen LogP contribution in [0.25, 0.3) is 10.8 Å². The Bertz CT molecular complexity index is 796. The third kappa shape index (κ3) is 1.63. The van der Waals surface area contributed by atoms with Gasteiger partial charge < -0.3 is 5.11 Å². The molecule has 0 unspecified atom stereocenters. The van der Waals surface area contributed by atoms with Gasteiger partial charge in [0, 0.05) is 22.6 Å². The van der Waals surface area contributed by atoms with Gasteiger partial charge in [-0.3, -0.25) is 9.59 Å². The van der Waals surface area contributed by atoms with E-state index in [9.17, 15) is 14.7 Å². The van der Waals surface area contributed by atoms with Gasteiger partial charge in [-0.1, -0.05) is 48.0 Å². The van der Waals surface area contributed by atoms with Crippen molar-refractivity contribution in [3.05, 3.63) is 52.6 Å². The third-order valence-corrected chi connectivity index (χ3v) is 5.12. The van der Waals surface area contributed by atoms with Crippen molar-refractivity contribution in [3.8, 4) is 5.75 Å². The fourth-order valence-corrected chi connectivity index (χ4v) is 3.97. The molecule has 2 aliphatic rings. The normalized spacial score (nSPS) is 23.5. The fourth-order valence-electron chi connectivity index (χ4n) is 3.61. The van der Waals surface area contributed by atoms with Crippen LogP contribution in [0.5, 0.6) is 5.75 Å². The first kappa shape index (κ1) is 13.5. The molecule has 2 atom stereocenters. The molecule has 2 aromatic carbocycles. The number of hydrogen-bond donors (Lipinski definition) is 1. The quantitative estimate of drug-likeness (QED) is 0.743. The maximum absolute atomic E-state index is 12.8. The summed E-state index contributed by atoms with van der Waals surface area (Å²) in [6, 6.07) is 7.02. The molecule has 0 fully saturated rings. The van der Waals surface area contributed by atoms with Gasteiger partial charge in [0.15, 0.2) is 11.6 Å². The summed E-state index contributed by atoms with van der Waals surface area (Å²) in [6.45, 7) is 0. The lowest BCUT2D eigenvalue weighted by Gasteiger charge is -2.32. The zero-order valence-electron chi connectivity index (χ0n) is 11.7. The number of hydrogen-bond acceptors (Lipinski definition) is 3. The average molecular weight is 313 g/mol. The first-order chi connectivity index (χ1) is 10.6. The highest BCUT2D eigenvalue weighted by atomic mass is 35.5. The highest BCUT2D eigenvalue weighted by Crippen LogP contribution is 2.46. The van der Waals surface area contributed by atoms with Crippen molar-refractivity contribution in [1.29, 1.82) is 0 Å². The number of aromatic hydroxyl groups is 1. The maximum atomic E-state index is 12.8. The number of Topliss-reactive ketones (excluding diaryl/α,β-unsaturated/α-hetero) is 2. The minimum absolute atomic E-state index is 0.102. The Morgan fingerprint density at radius 3 is 2.09 bits per heavy atom. The van der Waals surface area contributed by atoms with E-state index in [0.29, 0.717) is 23.6 Å². The van der Waals surface area contributed by atoms with E-state index >= 15 is 0 Å². The van der Waals surface area contributed by atoms with E-state index < -0.39 is 0 Å². The molecule has 0 amide bonds. The van der Waals surface area contributed by atoms with E-state index in [1.807, 2.05) is 12.2 Å². The summed E-state index contributed by atoms with van der Waals surface area (Å²) in [5, 5.41) is 11.9. The predicted molar refractivity (Wildman–Crippen MR) is 84.6 cm³/mol. The van der Waals surface area contributed by atoms with Crippen LogP contribution in [-0.2, 0) is 0 Å². The molecule has 0 saturated carbocycles. The monoisotopic (exact) mass is 312 g/mol. The first-order valence-electron chi connectivity index (χ1n) is 7.28. The average Bonchev–Trinajstić information content (AvgIpc) is 2.56. The smallest absolute Gasteiger partial charge is 0.171 e. The van der Waals surface area contributed by atoms with Gasteiger partial charge in [-0.05, 0) is 12.8 Å². The number of benzene rings is 2. The number of carbonyl (C=O) groups is 2. The summed E-state index contributed by atoms with van der Waals surface area (Å²) in [7, 11) is 0. The van der Waals surface area contributed by atoms with Crippen LogP contribution in [0.2, 0.25) is 5.02 Å². The summed E-state index contributed by atoms with van der Waals surface area (Å²) >= 11 is 6.42. The Labute approximate surface area is 132 Å². The van der Waals surface area contributed by atoms with Gasteiger partial charge in [-0.25, -0.2) is 0 Å². The minimum atomic E-state index is -0.381. The molecule has 4 rings (SSSR count). The van der Waals surface area contributed by atoms with Crippen LogP contribution < -0.4 is 0 Å². The van der Waals surface area contributed by atoms with Crippen LogP contribution in [-0.4, -0.2) is 16.7 Å². The van der Waals surface area contributed by atoms with Crippen LogP contribution in [0, 0.1) is 11.8 Å². The van der Waals surface area contributed by atoms with Crippen LogP contribution in [0.15, 0.2) is 36.4 Å². The molecule has 0 radical (unpaired) electrons. The van der Waals surface area contributed by atoms with E-state index in [-0.39, 0.29) is 45.3 Å². The molecule has 0 aromatic heterocycles. The molecule has 3 nitrogen and oxygen atoms in total. The highest BCUT2D eigenvalue weighted by molar-refractivity contribution is 6.41. The Kier molecular flexibility index (Phi) is 2.88. The van der Waals surface area contributed by atoms with Crippen molar-refractivity contribution >= 4 is 33.9 Å². The van der Waals surface area contributed by atoms with E-state index in [0.717, 1.165) is 0 Å². The van der Waals surface area contributed by atoms with Gasteiger partial charge in [0.05, 0.1) is 16.1 Å². The lowest BCUT2D eigenvalue weighted by Crippen LogP contribution is -2.37. The Morgan fingerprint density at radius 2 is 1.45 bits per heavy atom. The molecule has 0 spiro atoms. The molecule has 110 valence electrons. The lowest BCUT2D eigenvalue weighted by atomic mass is 9.68. The highest BCUT2D eigenvalue weighted by Gasteiger charge is 2.44. The molecule has 0 heterocycles. The lowest BCUT2D eigenvalue weighted by molar-refractivity contribution is 0.0727. The summed E-state index contributed by atoms with van der Waals surface area (Å²) in [4.78, 5) is 25.6. The second kappa shape index (κ2) is 4.68. The van der Waals surface area contributed by atoms with Crippen molar-refractivity contribution < 1.29 is 14.7 Å². The first-order valence-corrected chi connectivity index (χ1v) is 7.65. The van der Waals surface area contributed by atoms with E-state index in [1.54, 1.807) is 24.3 Å². The number of halogens is 1. The van der Waals surface area contributed by atoms with Gasteiger partial charge in [0.1, 0.15) is 5.75 Å². The number of ketones is 2. The van der Waals surface area contributed by atoms with E-state index in [2.05, 4.69) is 0 Å². The largest absolute Gasteiger partial charge is 0.507 e. The van der Waals surface area contributed by atoms with Gasteiger partial charge in [-0.15, -0.1) is 0 Å². The second-order valence-corrected chi connectivity index (χ2v) is 6.22. The van der Waals surface area contributed by atoms with Crippen molar-refractivity contribution in [2.45, 2.75) is 12.8 Å². The van der Waals surface area contributed by atoms with Crippen molar-refractivity contribution in [3.63, 3.8) is 0 Å². The van der Waals surface area contributed by atoms with Crippen LogP contribution in [0.3, 0.4) is 0 Å². The summed E-state index contributed by atoms with van der Waals surface area (Å²) in [5.41, 5.74) is 0.296. The standard InChI is InChI=1S/C18H13ClO3/c19-15-9-5-1-2-6-10(9)17(21)14-13(15)16(20)11-7-3-4-8-12(11)18(14)22/h1-6,11-12,21H,7-8H2/t11-,12-/m1/s1. The third-order valence-electron chi connectivity index (χ3n) is 4.72. The van der Waals surface area contributed by atoms with E-state index in [4.69, 9.17) is 11.6 Å². The predicted octanol–water partition coefficient (Wildman–Crippen LogP) is 4.16. The maximum Gasteiger partial charge on any atom is 0.171 e. The van der Waals surface area contributed by atoms with Crippen molar-refractivity contribution in [2.75, 3.05) is 0 Å². The number of allylic oxidation sites excluding steroid dienone is 2. The number of phenols is 1. The molecular formula is C18H13ClO3. The Balaban J connectivity index is 2.09. The van der Waals surface area contributed by atoms with Crippen molar-refractivity contribution in [1.82, 2.24) is 0 Å². The zero-order valence-corrected chi connectivity index (χ0v) is 12.4. The molecular weight excluding hydrogens is 300 g/mol. The summed E-state index contributed by atoms with van der Waals surface area (Å²) in [5.74, 6) is -1.17. The minimum Gasteiger partial charge on any atom is -0.507 e. The van der Waals surface area contributed by atoms with E-state index in [1.165, 1.54) is 0 Å². The molecule has 4 heteroatoms. The summed E-state index contributed by atoms with van der Waals surface area (Å²) < 4.78 is 0. The second-order valence-electron chi connectivity index (χ2n) is 5.84. The van der Waals surface area contributed by atoms with Crippen LogP contribution >= 0.6 is 11.6 Å². The van der Waals surface area contributed by atoms with Gasteiger partial charge in [0.2, 0.25) is 0 Å². The molecule has 0 bridgehead atoms. The molecule has 2 aliphatic carbocycles. The number of phenolic OH excluding ortho intramolecular Hbond substituents is 1. The zero-order chi connectivity index (χ0) is 15.4. The number of rotatable bonds is 0. The van der Waals surface area contributed by atoms with Gasteiger partial charge >= 0.3 is 0 Å². The molecule has 2 aromatic rings. The molecule has 22 heavy (non-hydrogen) atoms. The molecule has 1 N–H and O–H groups in total.